The molecular weight excluding hydrogens is 1380 g/mol. The maximum Gasteiger partial charge on any atom is 0.472 e. The number of unbranched alkanes of at least 4 members (excludes halogenated alkanes) is 53. The van der Waals surface area contributed by atoms with Gasteiger partial charge in [-0.05, 0) is 43.4 Å². The summed E-state index contributed by atoms with van der Waals surface area (Å²) in [4.78, 5) is 73.3. The van der Waals surface area contributed by atoms with Gasteiger partial charge in [0, 0.05) is 25.7 Å². The van der Waals surface area contributed by atoms with Gasteiger partial charge in [-0.3, -0.25) is 37.3 Å². The average molecular weight is 1550 g/mol. The number of aliphatic hydroxyl groups is 1. The van der Waals surface area contributed by atoms with E-state index in [1.807, 2.05) is 0 Å². The largest absolute Gasteiger partial charge is 0.472 e. The lowest BCUT2D eigenvalue weighted by Gasteiger charge is -2.21. The lowest BCUT2D eigenvalue weighted by molar-refractivity contribution is -0.161. The monoisotopic (exact) mass is 1550 g/mol. The fraction of sp³-hybridized carbons (Fsp3) is 0.954. The Labute approximate surface area is 651 Å². The molecule has 0 amide bonds. The first-order valence-corrected chi connectivity index (χ1v) is 47.8. The maximum absolute atomic E-state index is 13.2. The van der Waals surface area contributed by atoms with Gasteiger partial charge >= 0.3 is 39.5 Å². The van der Waals surface area contributed by atoms with E-state index in [9.17, 15) is 43.2 Å². The molecule has 0 fully saturated rings. The molecule has 0 aromatic rings. The van der Waals surface area contributed by atoms with Crippen LogP contribution < -0.4 is 0 Å². The van der Waals surface area contributed by atoms with E-state index in [-0.39, 0.29) is 25.7 Å². The number of phosphoric ester groups is 2. The zero-order chi connectivity index (χ0) is 77.9. The van der Waals surface area contributed by atoms with Crippen LogP contribution in [0.5, 0.6) is 0 Å². The highest BCUT2D eigenvalue weighted by Gasteiger charge is 2.30. The highest BCUT2D eigenvalue weighted by atomic mass is 31.2. The van der Waals surface area contributed by atoms with Crippen molar-refractivity contribution in [3.05, 3.63) is 0 Å². The first kappa shape index (κ1) is 104. The van der Waals surface area contributed by atoms with E-state index >= 15 is 0 Å². The van der Waals surface area contributed by atoms with Crippen molar-refractivity contribution in [1.82, 2.24) is 0 Å². The van der Waals surface area contributed by atoms with Crippen molar-refractivity contribution in [1.29, 1.82) is 0 Å². The molecule has 0 aliphatic heterocycles. The molecule has 3 N–H and O–H groups in total. The molecule has 0 aromatic carbocycles. The van der Waals surface area contributed by atoms with Gasteiger partial charge in [0.15, 0.2) is 12.2 Å². The third kappa shape index (κ3) is 80.1. The molecule has 106 heavy (non-hydrogen) atoms. The molecule has 0 saturated heterocycles. The number of aliphatic hydroxyl groups excluding tert-OH is 1. The van der Waals surface area contributed by atoms with E-state index in [1.165, 1.54) is 270 Å². The van der Waals surface area contributed by atoms with Crippen molar-refractivity contribution in [3.63, 3.8) is 0 Å². The number of rotatable bonds is 85. The summed E-state index contributed by atoms with van der Waals surface area (Å²) < 4.78 is 68.9. The Bertz CT molecular complexity index is 2040. The van der Waals surface area contributed by atoms with Crippen LogP contribution in [0.1, 0.15) is 459 Å². The van der Waals surface area contributed by atoms with Gasteiger partial charge in [0.1, 0.15) is 19.3 Å². The van der Waals surface area contributed by atoms with Crippen molar-refractivity contribution in [2.75, 3.05) is 39.6 Å². The summed E-state index contributed by atoms with van der Waals surface area (Å²) in [5.41, 5.74) is 0. The molecule has 0 bridgehead atoms. The molecule has 0 aromatic heterocycles. The zero-order valence-electron chi connectivity index (χ0n) is 69.9. The Balaban J connectivity index is 5.25. The van der Waals surface area contributed by atoms with Crippen molar-refractivity contribution in [2.24, 2.45) is 17.8 Å². The molecule has 19 heteroatoms. The van der Waals surface area contributed by atoms with Gasteiger partial charge in [-0.25, -0.2) is 9.13 Å². The summed E-state index contributed by atoms with van der Waals surface area (Å²) in [6, 6.07) is 0. The minimum absolute atomic E-state index is 0.107. The third-order valence-corrected chi connectivity index (χ3v) is 22.3. The molecule has 17 nitrogen and oxygen atoms in total. The first-order chi connectivity index (χ1) is 51.2. The SMILES string of the molecule is CCCCCCCCCCCCCCC(=O)OC[C@H](COP(=O)(O)OC[C@H](O)COP(=O)(O)OC[C@@H](COC(=O)CCCCCCCCCCCCCCCCCC(C)C)OC(=O)CCCCCCCCCCCCCCCCCCCCC(C)C)OC(=O)CCCCCCCCCCCCCCC(C)C. The molecule has 0 aliphatic carbocycles. The Morgan fingerprint density at radius 1 is 0.255 bits per heavy atom. The Morgan fingerprint density at radius 2 is 0.434 bits per heavy atom. The Morgan fingerprint density at radius 3 is 0.642 bits per heavy atom. The summed E-state index contributed by atoms with van der Waals surface area (Å²) in [6.07, 6.45) is 67.9. The number of hydrogen-bond acceptors (Lipinski definition) is 15. The minimum atomic E-state index is -4.97. The van der Waals surface area contributed by atoms with Crippen molar-refractivity contribution < 1.29 is 80.2 Å². The van der Waals surface area contributed by atoms with Gasteiger partial charge in [0.25, 0.3) is 0 Å². The molecule has 0 rings (SSSR count). The van der Waals surface area contributed by atoms with Crippen LogP contribution >= 0.6 is 15.6 Å². The Kier molecular flexibility index (Phi) is 75.6. The normalized spacial score (nSPS) is 13.9. The fourth-order valence-corrected chi connectivity index (χ4v) is 15.1. The number of carbonyl (C=O) groups is 4. The number of ether oxygens (including phenoxy) is 4. The van der Waals surface area contributed by atoms with Crippen molar-refractivity contribution in [3.8, 4) is 0 Å². The molecule has 0 saturated carbocycles. The first-order valence-electron chi connectivity index (χ1n) is 44.8. The second-order valence-electron chi connectivity index (χ2n) is 32.7. The number of phosphoric acid groups is 2. The third-order valence-electron chi connectivity index (χ3n) is 20.4. The van der Waals surface area contributed by atoms with Crippen molar-refractivity contribution >= 4 is 39.5 Å². The predicted molar refractivity (Wildman–Crippen MR) is 437 cm³/mol. The molecule has 0 aliphatic rings. The van der Waals surface area contributed by atoms with E-state index in [1.54, 1.807) is 0 Å². The summed E-state index contributed by atoms with van der Waals surface area (Å²) in [5, 5.41) is 10.7. The molecule has 5 atom stereocenters. The smallest absolute Gasteiger partial charge is 0.462 e. The maximum atomic E-state index is 13.2. The van der Waals surface area contributed by atoms with Crippen LogP contribution in [0, 0.1) is 17.8 Å². The minimum Gasteiger partial charge on any atom is -0.462 e. The van der Waals surface area contributed by atoms with Crippen LogP contribution in [0.4, 0.5) is 0 Å². The fourth-order valence-electron chi connectivity index (χ4n) is 13.5. The summed E-state index contributed by atoms with van der Waals surface area (Å²) in [7, 11) is -9.93. The summed E-state index contributed by atoms with van der Waals surface area (Å²) in [5.74, 6) is 0.302. The van der Waals surface area contributed by atoms with Gasteiger partial charge in [-0.15, -0.1) is 0 Å². The molecular formula is C87H170O17P2. The Hall–Kier alpha value is -1.94. The molecule has 0 spiro atoms. The average Bonchev–Trinajstić information content (AvgIpc) is 0.900. The van der Waals surface area contributed by atoms with Crippen LogP contribution in [-0.2, 0) is 65.4 Å². The number of carbonyl (C=O) groups excluding carboxylic acids is 4. The van der Waals surface area contributed by atoms with Crippen LogP contribution in [0.15, 0.2) is 0 Å². The van der Waals surface area contributed by atoms with Crippen molar-refractivity contribution in [2.45, 2.75) is 478 Å². The van der Waals surface area contributed by atoms with Crippen LogP contribution in [0.2, 0.25) is 0 Å². The molecule has 630 valence electrons. The second kappa shape index (κ2) is 77.0. The highest BCUT2D eigenvalue weighted by Crippen LogP contribution is 2.45. The molecule has 2 unspecified atom stereocenters. The quantitative estimate of drug-likeness (QED) is 0.0222. The lowest BCUT2D eigenvalue weighted by Crippen LogP contribution is -2.30. The molecule has 0 heterocycles. The second-order valence-corrected chi connectivity index (χ2v) is 35.6. The van der Waals surface area contributed by atoms with Gasteiger partial charge in [-0.1, -0.05) is 408 Å². The van der Waals surface area contributed by atoms with E-state index in [2.05, 4.69) is 48.5 Å². The van der Waals surface area contributed by atoms with E-state index in [0.29, 0.717) is 25.7 Å². The lowest BCUT2D eigenvalue weighted by atomic mass is 10.0. The van der Waals surface area contributed by atoms with E-state index in [0.717, 1.165) is 108 Å². The van der Waals surface area contributed by atoms with E-state index in [4.69, 9.17) is 37.0 Å². The van der Waals surface area contributed by atoms with E-state index < -0.39 is 97.5 Å². The molecule has 0 radical (unpaired) electrons. The van der Waals surface area contributed by atoms with Gasteiger partial charge in [0.2, 0.25) is 0 Å². The van der Waals surface area contributed by atoms with Gasteiger partial charge < -0.3 is 33.8 Å². The topological polar surface area (TPSA) is 237 Å². The van der Waals surface area contributed by atoms with Gasteiger partial charge in [0.05, 0.1) is 26.4 Å². The van der Waals surface area contributed by atoms with Crippen LogP contribution in [0.3, 0.4) is 0 Å². The van der Waals surface area contributed by atoms with Crippen LogP contribution in [0.25, 0.3) is 0 Å². The predicted octanol–water partition coefficient (Wildman–Crippen LogP) is 26.5. The number of esters is 4. The standard InChI is InChI=1S/C87H170O17P2/c1-8-9-10-11-12-13-14-33-40-47-54-61-68-84(89)97-74-82(104-87(92)71-64-57-50-43-36-29-28-32-39-46-53-60-67-80(6)7)76-101-105(93,94)99-72-81(88)73-100-106(95,96)102-77-83(75-98-85(90)69-62-55-48-41-34-26-23-19-21-25-31-38-45-52-59-66-79(4)5)103-86(91)70-63-56-49-42-35-27-22-18-16-15-17-20-24-30-37-44-51-58-65-78(2)3/h78-83,88H,8-77H2,1-7H3,(H,93,94)(H,95,96)/t81-,82+,83+/m0/s1. The number of hydrogen-bond donors (Lipinski definition) is 3. The van der Waals surface area contributed by atoms with Crippen LogP contribution in [-0.4, -0.2) is 96.7 Å². The zero-order valence-corrected chi connectivity index (χ0v) is 71.7. The summed E-state index contributed by atoms with van der Waals surface area (Å²) >= 11 is 0. The van der Waals surface area contributed by atoms with Gasteiger partial charge in [-0.2, -0.15) is 0 Å². The summed E-state index contributed by atoms with van der Waals surface area (Å²) in [6.45, 7) is 12.1. The highest BCUT2D eigenvalue weighted by molar-refractivity contribution is 7.47.